The van der Waals surface area contributed by atoms with E-state index in [1.165, 1.54) is 11.4 Å². The van der Waals surface area contributed by atoms with E-state index < -0.39 is 23.2 Å². The molecule has 0 aliphatic carbocycles. The second-order valence-electron chi connectivity index (χ2n) is 7.69. The predicted molar refractivity (Wildman–Crippen MR) is 121 cm³/mol. The summed E-state index contributed by atoms with van der Waals surface area (Å²) in [6.45, 7) is 6.45. The summed E-state index contributed by atoms with van der Waals surface area (Å²) in [5.74, 6) is 0. The Morgan fingerprint density at radius 2 is 1.86 bits per heavy atom. The van der Waals surface area contributed by atoms with Gasteiger partial charge in [-0.2, -0.15) is 5.26 Å². The van der Waals surface area contributed by atoms with Crippen molar-refractivity contribution in [2.75, 3.05) is 0 Å². The summed E-state index contributed by atoms with van der Waals surface area (Å²) in [4.78, 5) is 4.16. The maximum absolute atomic E-state index is 13.6. The van der Waals surface area contributed by atoms with E-state index in [1.54, 1.807) is 18.2 Å². The van der Waals surface area contributed by atoms with Crippen LogP contribution in [-0.4, -0.2) is 26.7 Å². The zero-order chi connectivity index (χ0) is 21.3. The van der Waals surface area contributed by atoms with Gasteiger partial charge in [-0.25, -0.2) is 13.4 Å². The second kappa shape index (κ2) is 10.5. The summed E-state index contributed by atoms with van der Waals surface area (Å²) in [5, 5.41) is 10.7. The molecule has 0 aliphatic heterocycles. The molecule has 1 heterocycles. The topological polar surface area (TPSA) is 70.8 Å². The zero-order valence-electron chi connectivity index (χ0n) is 17.5. The molecule has 0 fully saturated rings. The highest BCUT2D eigenvalue weighted by molar-refractivity contribution is 7.92. The summed E-state index contributed by atoms with van der Waals surface area (Å²) in [7, 11) is -5.85. The molecule has 2 rings (SSSR count). The van der Waals surface area contributed by atoms with Gasteiger partial charge in [0, 0.05) is 12.6 Å². The fourth-order valence-corrected chi connectivity index (χ4v) is 9.71. The van der Waals surface area contributed by atoms with E-state index in [2.05, 4.69) is 42.4 Å². The average molecular weight is 427 g/mol. The Kier molecular flexibility index (Phi) is 8.36. The Bertz CT molecular complexity index is 949. The molecule has 0 N–H and O–H groups in total. The van der Waals surface area contributed by atoms with Gasteiger partial charge in [0.2, 0.25) is 9.84 Å². The fraction of sp³-hybridized carbons (Fsp3) is 0.391. The minimum Gasteiger partial charge on any atom is -0.245 e. The van der Waals surface area contributed by atoms with Crippen LogP contribution in [0.5, 0.6) is 0 Å². The Labute approximate surface area is 176 Å². The van der Waals surface area contributed by atoms with Gasteiger partial charge in [-0.3, -0.25) is 0 Å². The lowest BCUT2D eigenvalue weighted by Gasteiger charge is -2.32. The molecule has 0 radical (unpaired) electrons. The maximum Gasteiger partial charge on any atom is 0.201 e. The summed E-state index contributed by atoms with van der Waals surface area (Å²) in [6, 6.07) is 17.4. The van der Waals surface area contributed by atoms with Crippen molar-refractivity contribution in [3.63, 3.8) is 0 Å². The van der Waals surface area contributed by atoms with E-state index >= 15 is 0 Å². The van der Waals surface area contributed by atoms with Crippen molar-refractivity contribution in [2.45, 2.75) is 62.4 Å². The molecule has 29 heavy (non-hydrogen) atoms. The van der Waals surface area contributed by atoms with Crippen molar-refractivity contribution in [1.82, 2.24) is 4.98 Å². The van der Waals surface area contributed by atoms with E-state index in [4.69, 9.17) is 5.26 Å². The van der Waals surface area contributed by atoms with Crippen molar-refractivity contribution in [3.8, 4) is 6.07 Å². The quantitative estimate of drug-likeness (QED) is 0.404. The molecular weight excluding hydrogens is 396 g/mol. The molecule has 0 aliphatic rings. The summed E-state index contributed by atoms with van der Waals surface area (Å²) in [6.07, 6.45) is 6.90. The van der Waals surface area contributed by atoms with Crippen LogP contribution in [-0.2, 0) is 9.84 Å². The van der Waals surface area contributed by atoms with Gasteiger partial charge in [0.05, 0.1) is 11.3 Å². The van der Waals surface area contributed by atoms with Gasteiger partial charge in [-0.15, -0.1) is 0 Å². The van der Waals surface area contributed by atoms with Crippen molar-refractivity contribution in [3.05, 3.63) is 66.0 Å². The van der Waals surface area contributed by atoms with E-state index in [0.717, 1.165) is 18.0 Å². The van der Waals surface area contributed by atoms with Crippen LogP contribution in [0.2, 0.25) is 13.1 Å². The van der Waals surface area contributed by atoms with Crippen LogP contribution >= 0.6 is 0 Å². The summed E-state index contributed by atoms with van der Waals surface area (Å²) < 4.78 is 27.2. The van der Waals surface area contributed by atoms with Crippen LogP contribution in [0.1, 0.15) is 39.0 Å². The fourth-order valence-electron chi connectivity index (χ4n) is 3.65. The lowest BCUT2D eigenvalue weighted by atomic mass is 10.2. The first-order valence-corrected chi connectivity index (χ1v) is 14.7. The van der Waals surface area contributed by atoms with E-state index in [1.807, 2.05) is 25.1 Å². The summed E-state index contributed by atoms with van der Waals surface area (Å²) >= 11 is 0. The van der Waals surface area contributed by atoms with Crippen molar-refractivity contribution in [2.24, 2.45) is 0 Å². The third-order valence-corrected chi connectivity index (χ3v) is 11.3. The molecule has 1 aromatic carbocycles. The monoisotopic (exact) mass is 426 g/mol. The van der Waals surface area contributed by atoms with Crippen LogP contribution < -0.4 is 5.19 Å². The average Bonchev–Trinajstić information content (AvgIpc) is 2.73. The van der Waals surface area contributed by atoms with E-state index in [0.29, 0.717) is 19.3 Å². The van der Waals surface area contributed by atoms with Crippen LogP contribution in [0.25, 0.3) is 0 Å². The number of hydrogen-bond acceptors (Lipinski definition) is 4. The number of hydrogen-bond donors (Lipinski definition) is 0. The van der Waals surface area contributed by atoms with Gasteiger partial charge in [0.1, 0.15) is 8.07 Å². The lowest BCUT2D eigenvalue weighted by molar-refractivity contribution is 0.577. The lowest BCUT2D eigenvalue weighted by Crippen LogP contribution is -2.49. The minimum absolute atomic E-state index is 0.138. The van der Waals surface area contributed by atoms with Crippen molar-refractivity contribution >= 4 is 23.1 Å². The first kappa shape index (κ1) is 23.0. The van der Waals surface area contributed by atoms with Crippen LogP contribution in [0.3, 0.4) is 0 Å². The van der Waals surface area contributed by atoms with Crippen LogP contribution in [0.15, 0.2) is 71.0 Å². The molecule has 0 bridgehead atoms. The number of sulfone groups is 1. The number of rotatable bonds is 10. The molecule has 1 unspecified atom stereocenters. The molecule has 1 atom stereocenters. The molecule has 2 aromatic rings. The molecular formula is C23H30N2O2SSi. The standard InChI is InChI=1S/C23H30N2O2SSi/c1-4-13-21(28(26,27)23-17-10-12-19-25-23)22(16-9-6-11-18-24)29(2,3)20-14-7-5-8-15-20/h5,7-8,10,12,14-17,19,21H,4,6,9,11,13H2,1-3H3/b22-16+. The van der Waals surface area contributed by atoms with Crippen molar-refractivity contribution in [1.29, 1.82) is 5.26 Å². The highest BCUT2D eigenvalue weighted by Crippen LogP contribution is 2.31. The molecule has 6 heteroatoms. The van der Waals surface area contributed by atoms with Gasteiger partial charge in [0.25, 0.3) is 0 Å². The predicted octanol–water partition coefficient (Wildman–Crippen LogP) is 4.80. The number of allylic oxidation sites excluding steroid dienone is 1. The Morgan fingerprint density at radius 3 is 2.45 bits per heavy atom. The van der Waals surface area contributed by atoms with Gasteiger partial charge in [-0.05, 0) is 31.4 Å². The number of nitriles is 1. The Balaban J connectivity index is 2.58. The van der Waals surface area contributed by atoms with Crippen LogP contribution in [0.4, 0.5) is 0 Å². The maximum atomic E-state index is 13.6. The zero-order valence-corrected chi connectivity index (χ0v) is 19.3. The minimum atomic E-state index is -3.61. The number of unbranched alkanes of at least 4 members (excludes halogenated alkanes) is 2. The first-order chi connectivity index (χ1) is 13.9. The first-order valence-electron chi connectivity index (χ1n) is 10.1. The molecule has 0 spiro atoms. The molecule has 0 saturated carbocycles. The normalized spacial score (nSPS) is 13.7. The largest absolute Gasteiger partial charge is 0.245 e. The Hall–Kier alpha value is -2.23. The molecule has 1 aromatic heterocycles. The van der Waals surface area contributed by atoms with E-state index in [-0.39, 0.29) is 5.03 Å². The van der Waals surface area contributed by atoms with Gasteiger partial charge < -0.3 is 0 Å². The highest BCUT2D eigenvalue weighted by Gasteiger charge is 2.40. The number of aromatic nitrogens is 1. The Morgan fingerprint density at radius 1 is 1.17 bits per heavy atom. The van der Waals surface area contributed by atoms with Crippen LogP contribution in [0, 0.1) is 11.3 Å². The summed E-state index contributed by atoms with van der Waals surface area (Å²) in [5.41, 5.74) is 0. The smallest absolute Gasteiger partial charge is 0.201 e. The number of benzene rings is 1. The van der Waals surface area contributed by atoms with Crippen molar-refractivity contribution < 1.29 is 8.42 Å². The van der Waals surface area contributed by atoms with Gasteiger partial charge >= 0.3 is 0 Å². The third kappa shape index (κ3) is 5.65. The SMILES string of the molecule is CCCC(/C(=C\CCCC#N)[Si](C)(C)c1ccccc1)S(=O)(=O)c1ccccn1. The number of nitrogens with zero attached hydrogens (tertiary/aromatic N) is 2. The third-order valence-electron chi connectivity index (χ3n) is 5.28. The molecule has 154 valence electrons. The van der Waals surface area contributed by atoms with Gasteiger partial charge in [-0.1, -0.05) is 79.3 Å². The molecule has 0 amide bonds. The highest BCUT2D eigenvalue weighted by atomic mass is 32.2. The van der Waals surface area contributed by atoms with Gasteiger partial charge in [0.15, 0.2) is 5.03 Å². The van der Waals surface area contributed by atoms with E-state index in [9.17, 15) is 8.42 Å². The molecule has 0 saturated heterocycles. The number of pyridine rings is 1. The second-order valence-corrected chi connectivity index (χ2v) is 14.2. The molecule has 4 nitrogen and oxygen atoms in total.